The molecule has 234 valence electrons. The molecule has 0 radical (unpaired) electrons. The second-order valence-corrected chi connectivity index (χ2v) is 9.35. The summed E-state index contributed by atoms with van der Waals surface area (Å²) in [6.45, 7) is -0.880. The molecule has 1 fully saturated rings. The highest BCUT2D eigenvalue weighted by atomic mass is 16.7. The number of phenolic OH excluding ortho intramolecular Hbond substituents is 2. The van der Waals surface area contributed by atoms with Gasteiger partial charge in [0.15, 0.2) is 29.1 Å². The molecule has 17 heteroatoms. The molecule has 44 heavy (non-hydrogen) atoms. The molecule has 2 aliphatic heterocycles. The number of benzene rings is 2. The Morgan fingerprint density at radius 3 is 2.23 bits per heavy atom. The van der Waals surface area contributed by atoms with Crippen LogP contribution >= 0.6 is 0 Å². The van der Waals surface area contributed by atoms with Crippen molar-refractivity contribution in [1.82, 2.24) is 0 Å². The van der Waals surface area contributed by atoms with Crippen LogP contribution in [0.4, 0.5) is 0 Å². The average molecular weight is 617 g/mol. The monoisotopic (exact) mass is 617 g/mol. The normalized spacial score (nSPS) is 21.4. The number of aliphatic carboxylic acids is 2. The van der Waals surface area contributed by atoms with Gasteiger partial charge in [-0.05, 0) is 12.1 Å². The van der Waals surface area contributed by atoms with Crippen molar-refractivity contribution in [3.8, 4) is 45.6 Å². The summed E-state index contributed by atoms with van der Waals surface area (Å²) in [6, 6.07) is 6.14. The maximum absolute atomic E-state index is 12.1. The molecule has 0 saturated carbocycles. The molecule has 0 unspecified atom stereocenters. The van der Waals surface area contributed by atoms with Gasteiger partial charge in [-0.2, -0.15) is 0 Å². The van der Waals surface area contributed by atoms with E-state index in [1.165, 1.54) is 6.07 Å². The maximum Gasteiger partial charge on any atom is 0.311 e. The highest BCUT2D eigenvalue weighted by Crippen LogP contribution is 2.43. The van der Waals surface area contributed by atoms with Crippen molar-refractivity contribution in [2.45, 2.75) is 43.5 Å². The van der Waals surface area contributed by atoms with Crippen molar-refractivity contribution in [2.24, 2.45) is 0 Å². The molecule has 0 aromatic heterocycles. The Morgan fingerprint density at radius 1 is 0.886 bits per heavy atom. The standard InChI is InChI=1S/C27H24O17/c28-11-4-14(30)12-6-17(25(41-16(12)5-11)10-1-2-13(29)15(31)3-10)42-27-24(39)26(44-22(37)8-20(34)35)23(38)18(43-27)9-40-21(36)7-19(32)33/h1-6,18,23-24,26-27,29-31,38-39H,7-9H2,(H,32,33)(H,34,35)/p-3/t18-,23-,24-,26+,27-/m1/s1. The summed E-state index contributed by atoms with van der Waals surface area (Å²) in [5.41, 5.74) is -0.749. The highest BCUT2D eigenvalue weighted by molar-refractivity contribution is 5.89. The van der Waals surface area contributed by atoms with Gasteiger partial charge in [0.2, 0.25) is 6.29 Å². The molecule has 1 aromatic carbocycles. The molecule has 1 saturated heterocycles. The second kappa shape index (κ2) is 12.9. The smallest absolute Gasteiger partial charge is 0.311 e. The Morgan fingerprint density at radius 2 is 1.57 bits per heavy atom. The molecule has 3 aliphatic rings. The van der Waals surface area contributed by atoms with Crippen molar-refractivity contribution in [1.29, 1.82) is 0 Å². The summed E-state index contributed by atoms with van der Waals surface area (Å²) in [4.78, 5) is 57.3. The van der Waals surface area contributed by atoms with E-state index in [0.29, 0.717) is 0 Å². The molecule has 4 N–H and O–H groups in total. The number of esters is 2. The maximum atomic E-state index is 12.1. The zero-order valence-electron chi connectivity index (χ0n) is 22.1. The largest absolute Gasteiger partial charge is 0.870 e. The topological polar surface area (TPSA) is 286 Å². The van der Waals surface area contributed by atoms with Crippen LogP contribution in [0.3, 0.4) is 0 Å². The third kappa shape index (κ3) is 7.14. The quantitative estimate of drug-likeness (QED) is 0.126. The number of carboxylic acid groups (broad SMARTS) is 2. The van der Waals surface area contributed by atoms with E-state index in [-0.39, 0.29) is 28.4 Å². The number of fused-ring (bicyclic) bond motifs is 1. The minimum Gasteiger partial charge on any atom is -0.870 e. The molecule has 0 amide bonds. The molecular formula is C27H21O17-3. The molecule has 0 spiro atoms. The van der Waals surface area contributed by atoms with Crippen molar-refractivity contribution < 1.29 is 78.3 Å². The second-order valence-electron chi connectivity index (χ2n) is 9.35. The number of aliphatic hydroxyl groups is 2. The zero-order chi connectivity index (χ0) is 32.3. The van der Waals surface area contributed by atoms with Crippen LogP contribution in [-0.4, -0.2) is 81.6 Å². The van der Waals surface area contributed by atoms with E-state index in [0.717, 1.165) is 30.3 Å². The van der Waals surface area contributed by atoms with Crippen molar-refractivity contribution in [2.75, 3.05) is 6.61 Å². The Bertz CT molecular complexity index is 1610. The summed E-state index contributed by atoms with van der Waals surface area (Å²) in [7, 11) is 0. The lowest BCUT2D eigenvalue weighted by molar-refractivity contribution is -0.308. The predicted molar refractivity (Wildman–Crippen MR) is 131 cm³/mol. The molecular weight excluding hydrogens is 596 g/mol. The van der Waals surface area contributed by atoms with E-state index in [4.69, 9.17) is 23.4 Å². The third-order valence-electron chi connectivity index (χ3n) is 6.16. The first-order valence-corrected chi connectivity index (χ1v) is 12.5. The van der Waals surface area contributed by atoms with E-state index >= 15 is 0 Å². The molecule has 0 bridgehead atoms. The van der Waals surface area contributed by atoms with Gasteiger partial charge in [0.1, 0.15) is 36.1 Å². The van der Waals surface area contributed by atoms with Gasteiger partial charge >= 0.3 is 11.9 Å². The fourth-order valence-corrected chi connectivity index (χ4v) is 4.18. The van der Waals surface area contributed by atoms with Gasteiger partial charge in [-0.25, -0.2) is 0 Å². The van der Waals surface area contributed by atoms with E-state index in [1.54, 1.807) is 0 Å². The third-order valence-corrected chi connectivity index (χ3v) is 6.16. The minimum atomic E-state index is -2.09. The van der Waals surface area contributed by atoms with Crippen LogP contribution in [0.2, 0.25) is 0 Å². The van der Waals surface area contributed by atoms with Crippen LogP contribution in [0.15, 0.2) is 45.6 Å². The van der Waals surface area contributed by atoms with Gasteiger partial charge in [-0.3, -0.25) is 14.4 Å². The summed E-state index contributed by atoms with van der Waals surface area (Å²) in [6.07, 6.45) is -12.1. The fourth-order valence-electron chi connectivity index (χ4n) is 4.18. The van der Waals surface area contributed by atoms with Gasteiger partial charge in [0.25, 0.3) is 0 Å². The van der Waals surface area contributed by atoms with E-state index in [9.17, 15) is 59.7 Å². The number of hydrogen-bond acceptors (Lipinski definition) is 17. The number of carboxylic acids is 2. The molecule has 1 aromatic rings. The zero-order valence-corrected chi connectivity index (χ0v) is 22.1. The molecule has 5 atom stereocenters. The highest BCUT2D eigenvalue weighted by Gasteiger charge is 2.49. The van der Waals surface area contributed by atoms with Crippen LogP contribution in [0.1, 0.15) is 12.8 Å². The number of carbonyl (C=O) groups is 4. The summed E-state index contributed by atoms with van der Waals surface area (Å²) in [5, 5.41) is 75.2. The summed E-state index contributed by atoms with van der Waals surface area (Å²) < 4.78 is 26.7. The van der Waals surface area contributed by atoms with Gasteiger partial charge < -0.3 is 68.7 Å². The van der Waals surface area contributed by atoms with Crippen molar-refractivity contribution in [3.63, 3.8) is 0 Å². The first-order chi connectivity index (χ1) is 20.7. The van der Waals surface area contributed by atoms with Crippen molar-refractivity contribution >= 4 is 23.9 Å². The van der Waals surface area contributed by atoms with Crippen LogP contribution in [0.25, 0.3) is 22.6 Å². The number of ether oxygens (including phenoxy) is 4. The number of hydrogen-bond donors (Lipinski definition) is 4. The molecule has 4 rings (SSSR count). The Balaban J connectivity index is 1.75. The Hall–Kier alpha value is -5.39. The predicted octanol–water partition coefficient (Wildman–Crippen LogP) is -3.54. The summed E-state index contributed by atoms with van der Waals surface area (Å²) in [5.74, 6) is -9.24. The van der Waals surface area contributed by atoms with E-state index in [1.807, 2.05) is 0 Å². The average Bonchev–Trinajstić information content (AvgIpc) is 2.92. The Kier molecular flexibility index (Phi) is 9.22. The number of carbonyl (C=O) groups excluding carboxylic acids is 4. The van der Waals surface area contributed by atoms with Gasteiger partial charge in [-0.1, -0.05) is 17.9 Å². The van der Waals surface area contributed by atoms with Crippen molar-refractivity contribution in [3.05, 3.63) is 46.6 Å². The van der Waals surface area contributed by atoms with Gasteiger partial charge in [0.05, 0.1) is 30.3 Å². The number of aromatic hydroxyl groups is 2. The number of phenols is 2. The fraction of sp³-hybridized carbons (Fsp3) is 0.296. The lowest BCUT2D eigenvalue weighted by Crippen LogP contribution is -2.61. The lowest BCUT2D eigenvalue weighted by atomic mass is 9.98. The summed E-state index contributed by atoms with van der Waals surface area (Å²) >= 11 is 0. The first-order valence-electron chi connectivity index (χ1n) is 12.5. The van der Waals surface area contributed by atoms with Crippen LogP contribution in [-0.2, 0) is 33.4 Å². The first kappa shape index (κ1) is 31.5. The minimum absolute atomic E-state index is 0.00942. The van der Waals surface area contributed by atoms with Crippen LogP contribution in [0.5, 0.6) is 23.0 Å². The van der Waals surface area contributed by atoms with Gasteiger partial charge in [-0.15, -0.1) is 0 Å². The molecule has 17 nitrogen and oxygen atoms in total. The van der Waals surface area contributed by atoms with Crippen LogP contribution in [0, 0.1) is 0 Å². The van der Waals surface area contributed by atoms with Gasteiger partial charge in [0, 0.05) is 17.7 Å². The number of rotatable bonds is 10. The lowest BCUT2D eigenvalue weighted by Gasteiger charge is -2.41. The Labute approximate surface area is 245 Å². The molecule has 2 heterocycles. The molecule has 1 aliphatic carbocycles. The van der Waals surface area contributed by atoms with E-state index in [2.05, 4.69) is 0 Å². The van der Waals surface area contributed by atoms with E-state index < -0.39 is 96.7 Å². The SMILES string of the molecule is O=C([O-])CC(=O)OC[C@H]1O[C@@H](Oc2cc3c(O)cc(=O)cc-3oc2-c2ccc([O-])c(O)c2)[C@H](O)[C@@H](OC(=O)CC(=O)[O-])[C@@H]1O. The number of aliphatic hydroxyl groups excluding tert-OH is 2. The van der Waals surface area contributed by atoms with Crippen LogP contribution < -0.4 is 25.5 Å².